The molecule has 5 aliphatic heterocycles. The van der Waals surface area contributed by atoms with Gasteiger partial charge < -0.3 is 130 Å². The third kappa shape index (κ3) is 10.3. The van der Waals surface area contributed by atoms with Crippen LogP contribution in [0.15, 0.2) is 0 Å². The molecule has 0 spiro atoms. The zero-order chi connectivity index (χ0) is 43.6. The summed E-state index contributed by atoms with van der Waals surface area (Å²) in [5.74, 6) is -0.718. The molecular formula is C32H55NO26. The summed E-state index contributed by atoms with van der Waals surface area (Å²) in [6, 6.07) is -1.55. The van der Waals surface area contributed by atoms with Crippen LogP contribution >= 0.6 is 0 Å². The van der Waals surface area contributed by atoms with Crippen LogP contribution in [0.2, 0.25) is 0 Å². The molecule has 27 nitrogen and oxygen atoms in total. The summed E-state index contributed by atoms with van der Waals surface area (Å²) in [7, 11) is 0. The van der Waals surface area contributed by atoms with Gasteiger partial charge in [-0.2, -0.15) is 0 Å². The van der Waals surface area contributed by atoms with E-state index in [2.05, 4.69) is 5.32 Å². The molecule has 5 rings (SSSR count). The van der Waals surface area contributed by atoms with E-state index < -0.39 is 192 Å². The zero-order valence-electron chi connectivity index (χ0n) is 31.2. The molecule has 0 radical (unpaired) electrons. The Balaban J connectivity index is 1.38. The fraction of sp³-hybridized carbons (Fsp3) is 0.969. The van der Waals surface area contributed by atoms with Gasteiger partial charge in [0.1, 0.15) is 122 Å². The molecule has 5 saturated heterocycles. The number of hydrogen-bond acceptors (Lipinski definition) is 26. The highest BCUT2D eigenvalue weighted by Crippen LogP contribution is 2.34. The van der Waals surface area contributed by atoms with E-state index in [-0.39, 0.29) is 0 Å². The van der Waals surface area contributed by atoms with Gasteiger partial charge in [-0.3, -0.25) is 4.79 Å². The number of nitrogens with one attached hydrogen (secondary N) is 1. The molecule has 27 heteroatoms. The first-order valence-corrected chi connectivity index (χ1v) is 18.6. The first-order valence-electron chi connectivity index (χ1n) is 18.6. The van der Waals surface area contributed by atoms with Crippen LogP contribution in [-0.4, -0.2) is 274 Å². The van der Waals surface area contributed by atoms with Crippen molar-refractivity contribution in [2.24, 2.45) is 0 Å². The van der Waals surface area contributed by atoms with E-state index in [9.17, 15) is 86.5 Å². The van der Waals surface area contributed by atoms with Crippen molar-refractivity contribution in [1.29, 1.82) is 0 Å². The van der Waals surface area contributed by atoms with Gasteiger partial charge in [0, 0.05) is 6.92 Å². The molecule has 17 N–H and O–H groups in total. The number of rotatable bonds is 14. The molecule has 25 atom stereocenters. The second kappa shape index (κ2) is 20.8. The van der Waals surface area contributed by atoms with Gasteiger partial charge in [0.2, 0.25) is 5.91 Å². The number of ether oxygens (including phenoxy) is 9. The van der Waals surface area contributed by atoms with E-state index >= 15 is 0 Å². The summed E-state index contributed by atoms with van der Waals surface area (Å²) < 4.78 is 50.0. The van der Waals surface area contributed by atoms with E-state index in [0.717, 1.165) is 6.92 Å². The van der Waals surface area contributed by atoms with Gasteiger partial charge in [-0.05, 0) is 0 Å². The van der Waals surface area contributed by atoms with Crippen LogP contribution in [0, 0.1) is 0 Å². The monoisotopic (exact) mass is 869 g/mol. The van der Waals surface area contributed by atoms with Crippen LogP contribution in [0.3, 0.4) is 0 Å². The highest BCUT2D eigenvalue weighted by atomic mass is 16.8. The maximum Gasteiger partial charge on any atom is 0.217 e. The minimum absolute atomic E-state index is 0.718. The smallest absolute Gasteiger partial charge is 0.217 e. The first kappa shape index (κ1) is 48.5. The maximum absolute atomic E-state index is 11.8. The fourth-order valence-corrected chi connectivity index (χ4v) is 7.32. The highest BCUT2D eigenvalue weighted by molar-refractivity contribution is 5.73. The highest BCUT2D eigenvalue weighted by Gasteiger charge is 2.55. The van der Waals surface area contributed by atoms with Crippen molar-refractivity contribution >= 4 is 5.91 Å². The van der Waals surface area contributed by atoms with Gasteiger partial charge >= 0.3 is 0 Å². The second-order valence-electron chi connectivity index (χ2n) is 14.7. The van der Waals surface area contributed by atoms with E-state index in [0.29, 0.717) is 0 Å². The molecule has 344 valence electrons. The Morgan fingerprint density at radius 2 is 0.831 bits per heavy atom. The van der Waals surface area contributed by atoms with Gasteiger partial charge in [-0.1, -0.05) is 0 Å². The Morgan fingerprint density at radius 1 is 0.441 bits per heavy atom. The summed E-state index contributed by atoms with van der Waals surface area (Å²) in [5.41, 5.74) is 0. The summed E-state index contributed by atoms with van der Waals surface area (Å²) >= 11 is 0. The third-order valence-corrected chi connectivity index (χ3v) is 10.7. The number of carbonyl (C=O) groups excluding carboxylic acids is 1. The van der Waals surface area contributed by atoms with Crippen LogP contribution in [0.1, 0.15) is 6.92 Å². The van der Waals surface area contributed by atoms with Crippen molar-refractivity contribution < 1.29 is 129 Å². The topological polar surface area (TPSA) is 436 Å². The van der Waals surface area contributed by atoms with Gasteiger partial charge in [-0.15, -0.1) is 0 Å². The van der Waals surface area contributed by atoms with Crippen molar-refractivity contribution in [2.45, 2.75) is 160 Å². The molecule has 1 amide bonds. The molecule has 0 unspecified atom stereocenters. The SMILES string of the molecule is CC(=O)N[C@@H]1[C@@H](O)[C@H](O[C@@H]2O[C@H](CO[C@H]3O[C@H](CO)[C@@H](O)[C@H](O[C@H]4O[C@H](CO)[C@@H](O)[C@H](O)[C@@H]4O)[C@@H]3O)[C@@H](O)[C@H](O[C@H]3O[C@H](CO)[C@@H](O)[C@H](O)[C@@H]3O)[C@@H]2O)[C@@H](CO)O[C@H]1O. The summed E-state index contributed by atoms with van der Waals surface area (Å²) in [5, 5.41) is 170. The lowest BCUT2D eigenvalue weighted by molar-refractivity contribution is -0.383. The summed E-state index contributed by atoms with van der Waals surface area (Å²) in [4.78, 5) is 11.8. The van der Waals surface area contributed by atoms with Crippen molar-refractivity contribution in [1.82, 2.24) is 5.32 Å². The average molecular weight is 870 g/mol. The van der Waals surface area contributed by atoms with Gasteiger partial charge in [0.15, 0.2) is 31.5 Å². The van der Waals surface area contributed by atoms with E-state index in [1.807, 2.05) is 0 Å². The predicted octanol–water partition coefficient (Wildman–Crippen LogP) is -11.8. The Kier molecular flexibility index (Phi) is 17.1. The number of aliphatic hydroxyl groups is 16. The Bertz CT molecular complexity index is 1320. The molecule has 0 aromatic rings. The van der Waals surface area contributed by atoms with Crippen molar-refractivity contribution in [3.05, 3.63) is 0 Å². The molecule has 5 aliphatic rings. The van der Waals surface area contributed by atoms with Gasteiger partial charge in [-0.25, -0.2) is 0 Å². The second-order valence-corrected chi connectivity index (χ2v) is 14.7. The maximum atomic E-state index is 11.8. The zero-order valence-corrected chi connectivity index (χ0v) is 31.2. The van der Waals surface area contributed by atoms with Crippen LogP contribution in [0.5, 0.6) is 0 Å². The summed E-state index contributed by atoms with van der Waals surface area (Å²) in [6.07, 6.45) is -44.5. The molecule has 0 aliphatic carbocycles. The minimum atomic E-state index is -2.15. The lowest BCUT2D eigenvalue weighted by atomic mass is 9.95. The van der Waals surface area contributed by atoms with Gasteiger partial charge in [0.05, 0.1) is 33.0 Å². The molecule has 0 aromatic carbocycles. The molecule has 0 saturated carbocycles. The standard InChI is InChI=1S/C32H55NO26/c1-7(38)33-13-18(43)25(11(5-37)52-28(13)50)57-32-24(49)27(59-31-22(47)20(45)15(40)9(3-35)55-31)17(42)12(56-32)6-51-29-23(48)26(16(41)10(4-36)53-29)58-30-21(46)19(44)14(39)8(2-34)54-30/h8-32,34-37,39-50H,2-6H2,1H3,(H,33,38)/t8-,9-,10-,11-,12-,13-,14-,15-,16-,17-,18-,19+,20+,21+,22+,23+,24+,25-,26+,27+,28-,29+,30-,31-,32+/m1/s1. The lowest BCUT2D eigenvalue weighted by Gasteiger charge is -2.49. The molecular weight excluding hydrogens is 814 g/mol. The van der Waals surface area contributed by atoms with E-state index in [1.54, 1.807) is 0 Å². The van der Waals surface area contributed by atoms with Crippen LogP contribution in [-0.2, 0) is 47.4 Å². The normalized spacial score (nSPS) is 51.0. The van der Waals surface area contributed by atoms with Gasteiger partial charge in [0.25, 0.3) is 0 Å². The Morgan fingerprint density at radius 3 is 1.31 bits per heavy atom. The largest absolute Gasteiger partial charge is 0.394 e. The number of hydrogen-bond donors (Lipinski definition) is 17. The number of amides is 1. The lowest BCUT2D eigenvalue weighted by Crippen LogP contribution is -2.68. The Labute approximate surface area is 333 Å². The van der Waals surface area contributed by atoms with Crippen LogP contribution in [0.25, 0.3) is 0 Å². The van der Waals surface area contributed by atoms with Crippen molar-refractivity contribution in [2.75, 3.05) is 33.0 Å². The van der Waals surface area contributed by atoms with E-state index in [4.69, 9.17) is 42.6 Å². The predicted molar refractivity (Wildman–Crippen MR) is 178 cm³/mol. The third-order valence-electron chi connectivity index (χ3n) is 10.7. The summed E-state index contributed by atoms with van der Waals surface area (Å²) in [6.45, 7) is -3.38. The average Bonchev–Trinajstić information content (AvgIpc) is 3.21. The van der Waals surface area contributed by atoms with Crippen molar-refractivity contribution in [3.63, 3.8) is 0 Å². The van der Waals surface area contributed by atoms with Crippen molar-refractivity contribution in [3.8, 4) is 0 Å². The van der Waals surface area contributed by atoms with Crippen LogP contribution in [0.4, 0.5) is 0 Å². The fourth-order valence-electron chi connectivity index (χ4n) is 7.32. The Hall–Kier alpha value is -1.53. The molecule has 0 aromatic heterocycles. The molecule has 5 heterocycles. The first-order chi connectivity index (χ1) is 27.9. The molecule has 59 heavy (non-hydrogen) atoms. The minimum Gasteiger partial charge on any atom is -0.394 e. The number of carbonyl (C=O) groups is 1. The van der Waals surface area contributed by atoms with E-state index in [1.165, 1.54) is 0 Å². The quantitative estimate of drug-likeness (QED) is 0.0770. The van der Waals surface area contributed by atoms with Crippen LogP contribution < -0.4 is 5.32 Å². The molecule has 0 bridgehead atoms. The number of aliphatic hydroxyl groups excluding tert-OH is 16. The molecule has 5 fully saturated rings.